The molecule has 140 valence electrons. The molecule has 0 saturated carbocycles. The lowest BCUT2D eigenvalue weighted by atomic mass is 10.1. The summed E-state index contributed by atoms with van der Waals surface area (Å²) < 4.78 is 16.2. The van der Waals surface area contributed by atoms with Crippen LogP contribution in [0.15, 0.2) is 29.1 Å². The van der Waals surface area contributed by atoms with Crippen LogP contribution in [0.4, 0.5) is 0 Å². The molecule has 2 aromatic rings. The van der Waals surface area contributed by atoms with Crippen LogP contribution in [0.25, 0.3) is 10.9 Å². The van der Waals surface area contributed by atoms with E-state index in [1.165, 1.54) is 0 Å². The number of nitrogens with one attached hydrogen (secondary N) is 2. The minimum absolute atomic E-state index is 0.100. The van der Waals surface area contributed by atoms with Crippen LogP contribution in [-0.2, 0) is 20.7 Å². The Morgan fingerprint density at radius 1 is 1.31 bits per heavy atom. The van der Waals surface area contributed by atoms with Gasteiger partial charge in [-0.3, -0.25) is 9.59 Å². The van der Waals surface area contributed by atoms with Crippen LogP contribution in [0.1, 0.15) is 25.3 Å². The maximum absolute atomic E-state index is 12.2. The molecule has 7 nitrogen and oxygen atoms in total. The van der Waals surface area contributed by atoms with Crippen molar-refractivity contribution in [1.29, 1.82) is 0 Å². The lowest BCUT2D eigenvalue weighted by Gasteiger charge is -2.22. The normalized spacial score (nSPS) is 15.9. The number of amides is 1. The molecular formula is C19H24N2O5. The van der Waals surface area contributed by atoms with Gasteiger partial charge < -0.3 is 24.5 Å². The van der Waals surface area contributed by atoms with Crippen molar-refractivity contribution in [3.05, 3.63) is 40.2 Å². The topological polar surface area (TPSA) is 89.7 Å². The van der Waals surface area contributed by atoms with Gasteiger partial charge in [0.25, 0.3) is 5.56 Å². The van der Waals surface area contributed by atoms with E-state index < -0.39 is 5.79 Å². The highest BCUT2D eigenvalue weighted by atomic mass is 16.7. The number of fused-ring (bicyclic) bond motifs is 1. The number of rotatable bonds is 7. The number of hydrogen-bond donors (Lipinski definition) is 2. The highest BCUT2D eigenvalue weighted by Gasteiger charge is 2.30. The van der Waals surface area contributed by atoms with Crippen molar-refractivity contribution in [3.8, 4) is 5.75 Å². The van der Waals surface area contributed by atoms with E-state index in [1.54, 1.807) is 19.2 Å². The first-order valence-corrected chi connectivity index (χ1v) is 8.74. The van der Waals surface area contributed by atoms with Crippen LogP contribution < -0.4 is 15.6 Å². The summed E-state index contributed by atoms with van der Waals surface area (Å²) in [7, 11) is 1.60. The second kappa shape index (κ2) is 7.88. The number of ether oxygens (including phenoxy) is 3. The highest BCUT2D eigenvalue weighted by Crippen LogP contribution is 2.22. The molecule has 1 aromatic heterocycles. The molecule has 1 amide bonds. The molecule has 3 rings (SSSR count). The van der Waals surface area contributed by atoms with Crippen molar-refractivity contribution in [1.82, 2.24) is 10.3 Å². The van der Waals surface area contributed by atoms with E-state index in [4.69, 9.17) is 14.2 Å². The fourth-order valence-corrected chi connectivity index (χ4v) is 3.01. The maximum Gasteiger partial charge on any atom is 0.251 e. The maximum atomic E-state index is 12.2. The second-order valence-corrected chi connectivity index (χ2v) is 6.51. The molecule has 0 atom stereocenters. The summed E-state index contributed by atoms with van der Waals surface area (Å²) in [5, 5.41) is 3.73. The van der Waals surface area contributed by atoms with Crippen LogP contribution in [0.5, 0.6) is 5.75 Å². The molecule has 2 N–H and O–H groups in total. The summed E-state index contributed by atoms with van der Waals surface area (Å²) >= 11 is 0. The van der Waals surface area contributed by atoms with Gasteiger partial charge in [0.05, 0.1) is 20.3 Å². The van der Waals surface area contributed by atoms with E-state index in [9.17, 15) is 9.59 Å². The Hall–Kier alpha value is -2.38. The Balaban J connectivity index is 1.55. The van der Waals surface area contributed by atoms with Crippen molar-refractivity contribution >= 4 is 16.8 Å². The number of aromatic amines is 1. The standard InChI is InChI=1S/C19H24N2O5/c1-19(25-9-10-26-19)7-8-20-17(22)6-3-13-11-14-12-15(24-2)4-5-16(14)21-18(13)23/h4-5,11-12H,3,6-10H2,1-2H3,(H,20,22)(H,21,23). The molecule has 0 spiro atoms. The van der Waals surface area contributed by atoms with Gasteiger partial charge in [-0.2, -0.15) is 0 Å². The van der Waals surface area contributed by atoms with E-state index in [0.29, 0.717) is 38.2 Å². The number of pyridine rings is 1. The number of hydrogen-bond acceptors (Lipinski definition) is 5. The van der Waals surface area contributed by atoms with Gasteiger partial charge >= 0.3 is 0 Å². The Bertz CT molecular complexity index is 839. The van der Waals surface area contributed by atoms with E-state index in [-0.39, 0.29) is 17.9 Å². The van der Waals surface area contributed by atoms with Crippen molar-refractivity contribution in [3.63, 3.8) is 0 Å². The number of benzene rings is 1. The minimum Gasteiger partial charge on any atom is -0.497 e. The fourth-order valence-electron chi connectivity index (χ4n) is 3.01. The third-order valence-corrected chi connectivity index (χ3v) is 4.55. The molecule has 0 aliphatic carbocycles. The van der Waals surface area contributed by atoms with Crippen molar-refractivity contribution in [2.75, 3.05) is 26.9 Å². The predicted octanol–water partition coefficient (Wildman–Crippen LogP) is 1.74. The zero-order valence-electron chi connectivity index (χ0n) is 15.1. The number of methoxy groups -OCH3 is 1. The van der Waals surface area contributed by atoms with E-state index in [2.05, 4.69) is 10.3 Å². The van der Waals surface area contributed by atoms with Gasteiger partial charge in [-0.25, -0.2) is 0 Å². The first-order chi connectivity index (χ1) is 12.5. The second-order valence-electron chi connectivity index (χ2n) is 6.51. The van der Waals surface area contributed by atoms with Crippen molar-refractivity contribution < 1.29 is 19.0 Å². The molecule has 1 aliphatic heterocycles. The van der Waals surface area contributed by atoms with E-state index >= 15 is 0 Å². The Morgan fingerprint density at radius 2 is 2.08 bits per heavy atom. The van der Waals surface area contributed by atoms with Crippen molar-refractivity contribution in [2.45, 2.75) is 32.0 Å². The largest absolute Gasteiger partial charge is 0.497 e. The van der Waals surface area contributed by atoms with Gasteiger partial charge in [0.15, 0.2) is 5.79 Å². The molecule has 2 heterocycles. The molecule has 0 unspecified atom stereocenters. The van der Waals surface area contributed by atoms with E-state index in [0.717, 1.165) is 16.7 Å². The number of aryl methyl sites for hydroxylation is 1. The quantitative estimate of drug-likeness (QED) is 0.785. The smallest absolute Gasteiger partial charge is 0.251 e. The molecule has 1 saturated heterocycles. The summed E-state index contributed by atoms with van der Waals surface area (Å²) in [5.41, 5.74) is 1.15. The molecule has 1 aliphatic rings. The van der Waals surface area contributed by atoms with Crippen LogP contribution in [-0.4, -0.2) is 43.5 Å². The molecule has 7 heteroatoms. The Labute approximate surface area is 151 Å². The first-order valence-electron chi connectivity index (χ1n) is 8.74. The van der Waals surface area contributed by atoms with Crippen molar-refractivity contribution in [2.24, 2.45) is 0 Å². The summed E-state index contributed by atoms with van der Waals surface area (Å²) in [4.78, 5) is 27.1. The third-order valence-electron chi connectivity index (χ3n) is 4.55. The lowest BCUT2D eigenvalue weighted by molar-refractivity contribution is -0.146. The van der Waals surface area contributed by atoms with Crippen LogP contribution >= 0.6 is 0 Å². The summed E-state index contributed by atoms with van der Waals surface area (Å²) in [5.74, 6) is 0.0109. The van der Waals surface area contributed by atoms with Gasteiger partial charge in [0.1, 0.15) is 5.75 Å². The molecule has 1 fully saturated rings. The van der Waals surface area contributed by atoms with Gasteiger partial charge in [-0.05, 0) is 37.6 Å². The van der Waals surface area contributed by atoms with Crippen LogP contribution in [0.3, 0.4) is 0 Å². The molecular weight excluding hydrogens is 336 g/mol. The minimum atomic E-state index is -0.609. The third kappa shape index (κ3) is 4.42. The van der Waals surface area contributed by atoms with Gasteiger partial charge in [-0.1, -0.05) is 0 Å². The predicted molar refractivity (Wildman–Crippen MR) is 97.4 cm³/mol. The first kappa shape index (κ1) is 18.4. The zero-order chi connectivity index (χ0) is 18.6. The Morgan fingerprint density at radius 3 is 2.81 bits per heavy atom. The zero-order valence-corrected chi connectivity index (χ0v) is 15.1. The monoisotopic (exact) mass is 360 g/mol. The fraction of sp³-hybridized carbons (Fsp3) is 0.474. The van der Waals surface area contributed by atoms with Crippen LogP contribution in [0.2, 0.25) is 0 Å². The molecule has 26 heavy (non-hydrogen) atoms. The average molecular weight is 360 g/mol. The number of aromatic nitrogens is 1. The number of carbonyl (C=O) groups is 1. The molecule has 0 radical (unpaired) electrons. The van der Waals surface area contributed by atoms with Gasteiger partial charge in [0.2, 0.25) is 5.91 Å². The summed E-state index contributed by atoms with van der Waals surface area (Å²) in [6, 6.07) is 7.27. The van der Waals surface area contributed by atoms with Gasteiger partial charge in [0, 0.05) is 35.9 Å². The van der Waals surface area contributed by atoms with E-state index in [1.807, 2.05) is 19.1 Å². The Kier molecular flexibility index (Phi) is 5.58. The lowest BCUT2D eigenvalue weighted by Crippen LogP contribution is -2.33. The number of carbonyl (C=O) groups excluding carboxylic acids is 1. The van der Waals surface area contributed by atoms with Crippen LogP contribution in [0, 0.1) is 0 Å². The summed E-state index contributed by atoms with van der Waals surface area (Å²) in [6.07, 6.45) is 1.21. The highest BCUT2D eigenvalue weighted by molar-refractivity contribution is 5.81. The average Bonchev–Trinajstić information content (AvgIpc) is 3.06. The summed E-state index contributed by atoms with van der Waals surface area (Å²) in [6.45, 7) is 3.51. The molecule has 0 bridgehead atoms. The SMILES string of the molecule is COc1ccc2[nH]c(=O)c(CCC(=O)NCCC3(C)OCCO3)cc2c1. The molecule has 1 aromatic carbocycles. The van der Waals surface area contributed by atoms with Gasteiger partial charge in [-0.15, -0.1) is 0 Å². The number of H-pyrrole nitrogens is 1.